The second kappa shape index (κ2) is 6.74. The van der Waals surface area contributed by atoms with Crippen LogP contribution in [0.3, 0.4) is 0 Å². The van der Waals surface area contributed by atoms with Gasteiger partial charge in [0.1, 0.15) is 0 Å². The summed E-state index contributed by atoms with van der Waals surface area (Å²) in [5, 5.41) is 0.969. The molecule has 0 fully saturated rings. The van der Waals surface area contributed by atoms with Crippen molar-refractivity contribution in [3.8, 4) is 0 Å². The van der Waals surface area contributed by atoms with Gasteiger partial charge in [-0.1, -0.05) is 38.0 Å². The molecule has 0 saturated heterocycles. The maximum Gasteiger partial charge on any atom is 0.186 e. The fraction of sp³-hybridized carbons (Fsp3) is 0.692. The summed E-state index contributed by atoms with van der Waals surface area (Å²) in [5.74, 6) is 0. The van der Waals surface area contributed by atoms with E-state index in [1.165, 1.54) is 17.8 Å². The highest BCUT2D eigenvalue weighted by atomic mass is 32.1. The standard InChI is InChI=1S/C13H22N2OS/c1-5-7-10(3)15(4)13-14-11(8-6-2)12(9-16)17-13/h9-10H,5-8H2,1-4H3. The number of rotatable bonds is 7. The van der Waals surface area contributed by atoms with Crippen LogP contribution in [0.4, 0.5) is 5.13 Å². The maximum absolute atomic E-state index is 11.0. The van der Waals surface area contributed by atoms with E-state index in [-0.39, 0.29) is 0 Å². The molecule has 0 aliphatic carbocycles. The van der Waals surface area contributed by atoms with E-state index in [2.05, 4.69) is 37.7 Å². The van der Waals surface area contributed by atoms with Crippen molar-refractivity contribution in [3.63, 3.8) is 0 Å². The number of aryl methyl sites for hydroxylation is 1. The van der Waals surface area contributed by atoms with Gasteiger partial charge < -0.3 is 4.90 Å². The minimum atomic E-state index is 0.472. The number of nitrogens with zero attached hydrogens (tertiary/aromatic N) is 2. The molecule has 3 nitrogen and oxygen atoms in total. The third-order valence-corrected chi connectivity index (χ3v) is 4.09. The van der Waals surface area contributed by atoms with Crippen LogP contribution < -0.4 is 4.90 Å². The van der Waals surface area contributed by atoms with Gasteiger partial charge in [0.2, 0.25) is 0 Å². The normalized spacial score (nSPS) is 12.5. The molecular formula is C13H22N2OS. The average Bonchev–Trinajstić information content (AvgIpc) is 2.72. The number of aldehydes is 1. The molecule has 0 aliphatic rings. The molecule has 0 spiro atoms. The summed E-state index contributed by atoms with van der Waals surface area (Å²) in [6.07, 6.45) is 5.16. The Labute approximate surface area is 108 Å². The highest BCUT2D eigenvalue weighted by molar-refractivity contribution is 7.17. The predicted molar refractivity (Wildman–Crippen MR) is 74.3 cm³/mol. The Bertz CT molecular complexity index is 362. The first-order valence-corrected chi connectivity index (χ1v) is 7.13. The molecule has 0 bridgehead atoms. The van der Waals surface area contributed by atoms with Gasteiger partial charge >= 0.3 is 0 Å². The van der Waals surface area contributed by atoms with Crippen molar-refractivity contribution in [2.75, 3.05) is 11.9 Å². The highest BCUT2D eigenvalue weighted by Gasteiger charge is 2.16. The minimum Gasteiger partial charge on any atom is -0.348 e. The Balaban J connectivity index is 2.86. The number of hydrogen-bond acceptors (Lipinski definition) is 4. The summed E-state index contributed by atoms with van der Waals surface area (Å²) in [5.41, 5.74) is 0.957. The molecule has 0 radical (unpaired) electrons. The van der Waals surface area contributed by atoms with Crippen LogP contribution in [-0.4, -0.2) is 24.4 Å². The van der Waals surface area contributed by atoms with Crippen LogP contribution in [0.5, 0.6) is 0 Å². The number of thiazole rings is 1. The van der Waals surface area contributed by atoms with Crippen LogP contribution in [0, 0.1) is 0 Å². The van der Waals surface area contributed by atoms with Crippen molar-refractivity contribution in [2.45, 2.75) is 52.5 Å². The topological polar surface area (TPSA) is 33.2 Å². The lowest BCUT2D eigenvalue weighted by Crippen LogP contribution is -2.28. The first-order chi connectivity index (χ1) is 8.13. The van der Waals surface area contributed by atoms with Gasteiger partial charge in [-0.25, -0.2) is 4.98 Å². The Morgan fingerprint density at radius 1 is 1.41 bits per heavy atom. The van der Waals surface area contributed by atoms with Crippen molar-refractivity contribution in [3.05, 3.63) is 10.6 Å². The zero-order valence-corrected chi connectivity index (χ0v) is 12.0. The Kier molecular flexibility index (Phi) is 5.62. The molecule has 4 heteroatoms. The van der Waals surface area contributed by atoms with Crippen molar-refractivity contribution in [1.82, 2.24) is 4.98 Å². The number of carbonyl (C=O) groups excluding carboxylic acids is 1. The first-order valence-electron chi connectivity index (χ1n) is 6.31. The zero-order chi connectivity index (χ0) is 12.8. The summed E-state index contributed by atoms with van der Waals surface area (Å²) < 4.78 is 0. The van der Waals surface area contributed by atoms with E-state index in [0.29, 0.717) is 6.04 Å². The molecule has 17 heavy (non-hydrogen) atoms. The van der Waals surface area contributed by atoms with Crippen molar-refractivity contribution in [1.29, 1.82) is 0 Å². The van der Waals surface area contributed by atoms with Crippen LogP contribution >= 0.6 is 11.3 Å². The SMILES string of the molecule is CCCc1nc(N(C)C(C)CCC)sc1C=O. The average molecular weight is 254 g/mol. The lowest BCUT2D eigenvalue weighted by Gasteiger charge is -2.23. The molecule has 1 atom stereocenters. The van der Waals surface area contributed by atoms with E-state index in [0.717, 1.165) is 41.3 Å². The van der Waals surface area contributed by atoms with Crippen molar-refractivity contribution in [2.24, 2.45) is 0 Å². The lowest BCUT2D eigenvalue weighted by molar-refractivity contribution is 0.112. The zero-order valence-electron chi connectivity index (χ0n) is 11.2. The fourth-order valence-corrected chi connectivity index (χ4v) is 2.80. The molecule has 1 heterocycles. The quantitative estimate of drug-likeness (QED) is 0.698. The van der Waals surface area contributed by atoms with Crippen LogP contribution in [0.1, 0.15) is 55.4 Å². The van der Waals surface area contributed by atoms with E-state index in [1.54, 1.807) is 0 Å². The van der Waals surface area contributed by atoms with Gasteiger partial charge in [-0.05, 0) is 19.8 Å². The minimum absolute atomic E-state index is 0.472. The molecule has 1 aromatic heterocycles. The molecular weight excluding hydrogens is 232 g/mol. The summed E-state index contributed by atoms with van der Waals surface area (Å²) in [4.78, 5) is 18.5. The van der Waals surface area contributed by atoms with E-state index in [1.807, 2.05) is 0 Å². The van der Waals surface area contributed by atoms with Gasteiger partial charge in [-0.3, -0.25) is 4.79 Å². The van der Waals surface area contributed by atoms with Gasteiger partial charge in [0.05, 0.1) is 10.6 Å². The smallest absolute Gasteiger partial charge is 0.186 e. The van der Waals surface area contributed by atoms with Gasteiger partial charge in [0, 0.05) is 13.1 Å². The first kappa shape index (κ1) is 14.2. The van der Waals surface area contributed by atoms with Gasteiger partial charge in [0.15, 0.2) is 11.4 Å². The van der Waals surface area contributed by atoms with Gasteiger partial charge in [0.25, 0.3) is 0 Å². The molecule has 96 valence electrons. The molecule has 0 aliphatic heterocycles. The van der Waals surface area contributed by atoms with Gasteiger partial charge in [-0.2, -0.15) is 0 Å². The van der Waals surface area contributed by atoms with Crippen LogP contribution in [0.2, 0.25) is 0 Å². The second-order valence-electron chi connectivity index (χ2n) is 4.42. The maximum atomic E-state index is 11.0. The number of carbonyl (C=O) groups is 1. The lowest BCUT2D eigenvalue weighted by atomic mass is 10.2. The second-order valence-corrected chi connectivity index (χ2v) is 5.43. The molecule has 0 amide bonds. The number of hydrogen-bond donors (Lipinski definition) is 0. The monoisotopic (exact) mass is 254 g/mol. The van der Waals surface area contributed by atoms with Crippen LogP contribution in [0.25, 0.3) is 0 Å². The van der Waals surface area contributed by atoms with E-state index in [9.17, 15) is 4.79 Å². The predicted octanol–water partition coefficient (Wildman–Crippen LogP) is 3.53. The molecule has 0 saturated carbocycles. The Morgan fingerprint density at radius 2 is 2.12 bits per heavy atom. The largest absolute Gasteiger partial charge is 0.348 e. The molecule has 1 aromatic rings. The molecule has 0 aromatic carbocycles. The Morgan fingerprint density at radius 3 is 2.65 bits per heavy atom. The summed E-state index contributed by atoms with van der Waals surface area (Å²) >= 11 is 1.51. The summed E-state index contributed by atoms with van der Waals surface area (Å²) in [6, 6.07) is 0.472. The fourth-order valence-electron chi connectivity index (χ4n) is 1.81. The highest BCUT2D eigenvalue weighted by Crippen LogP contribution is 2.27. The van der Waals surface area contributed by atoms with Crippen LogP contribution in [-0.2, 0) is 6.42 Å². The number of anilines is 1. The summed E-state index contributed by atoms with van der Waals surface area (Å²) in [6.45, 7) is 6.49. The van der Waals surface area contributed by atoms with Crippen molar-refractivity contribution >= 4 is 22.8 Å². The van der Waals surface area contributed by atoms with E-state index < -0.39 is 0 Å². The van der Waals surface area contributed by atoms with Crippen molar-refractivity contribution < 1.29 is 4.79 Å². The Hall–Kier alpha value is -0.900. The third kappa shape index (κ3) is 3.53. The summed E-state index contributed by atoms with van der Waals surface area (Å²) in [7, 11) is 2.06. The third-order valence-electron chi connectivity index (χ3n) is 2.98. The number of aromatic nitrogens is 1. The van der Waals surface area contributed by atoms with Crippen LogP contribution in [0.15, 0.2) is 0 Å². The van der Waals surface area contributed by atoms with E-state index in [4.69, 9.17) is 0 Å². The van der Waals surface area contributed by atoms with E-state index >= 15 is 0 Å². The molecule has 0 N–H and O–H groups in total. The molecule has 1 unspecified atom stereocenters. The van der Waals surface area contributed by atoms with Gasteiger partial charge in [-0.15, -0.1) is 0 Å². The molecule has 1 rings (SSSR count).